The molecule has 0 fully saturated rings. The van der Waals surface area contributed by atoms with Crippen LogP contribution in [-0.4, -0.2) is 13.1 Å². The molecule has 0 N–H and O–H groups in total. The molecule has 4 heteroatoms. The number of esters is 1. The number of methoxy groups -OCH3 is 1. The van der Waals surface area contributed by atoms with Crippen molar-refractivity contribution in [1.82, 2.24) is 0 Å². The van der Waals surface area contributed by atoms with Crippen LogP contribution in [0.3, 0.4) is 0 Å². The first-order valence-corrected chi connectivity index (χ1v) is 2.51. The van der Waals surface area contributed by atoms with Crippen LogP contribution in [0.4, 0.5) is 0 Å². The van der Waals surface area contributed by atoms with Gasteiger partial charge in [0.1, 0.15) is 0 Å². The van der Waals surface area contributed by atoms with Crippen molar-refractivity contribution in [2.45, 2.75) is 6.92 Å². The van der Waals surface area contributed by atoms with Gasteiger partial charge in [0.15, 0.2) is 0 Å². The van der Waals surface area contributed by atoms with Crippen molar-refractivity contribution in [3.8, 4) is 12.1 Å². The molecule has 0 aromatic carbocycles. The summed E-state index contributed by atoms with van der Waals surface area (Å²) in [7, 11) is 1.13. The first kappa shape index (κ1) is 8.45. The van der Waals surface area contributed by atoms with Gasteiger partial charge in [-0.15, -0.1) is 0 Å². The Bertz CT molecular complexity index is 207. The van der Waals surface area contributed by atoms with Crippen LogP contribution in [0.15, 0.2) is 0 Å². The number of nitriles is 2. The van der Waals surface area contributed by atoms with Crippen molar-refractivity contribution in [2.24, 2.45) is 5.41 Å². The van der Waals surface area contributed by atoms with Gasteiger partial charge in [0.05, 0.1) is 19.2 Å². The largest absolute Gasteiger partial charge is 0.467 e. The quantitative estimate of drug-likeness (QED) is 0.485. The Morgan fingerprint density at radius 3 is 2.00 bits per heavy atom. The average molecular weight is 138 g/mol. The molecule has 0 aliphatic rings. The van der Waals surface area contributed by atoms with Crippen LogP contribution < -0.4 is 0 Å². The third kappa shape index (κ3) is 1.24. The van der Waals surface area contributed by atoms with Gasteiger partial charge in [0.25, 0.3) is 0 Å². The smallest absolute Gasteiger partial charge is 0.340 e. The highest BCUT2D eigenvalue weighted by Gasteiger charge is 2.34. The van der Waals surface area contributed by atoms with E-state index in [1.165, 1.54) is 6.92 Å². The number of nitrogens with zero attached hydrogens (tertiary/aromatic N) is 2. The molecule has 0 unspecified atom stereocenters. The minimum Gasteiger partial charge on any atom is -0.467 e. The van der Waals surface area contributed by atoms with E-state index in [2.05, 4.69) is 4.74 Å². The van der Waals surface area contributed by atoms with E-state index in [1.54, 1.807) is 12.1 Å². The van der Waals surface area contributed by atoms with Gasteiger partial charge in [-0.3, -0.25) is 0 Å². The Balaban J connectivity index is 4.58. The van der Waals surface area contributed by atoms with E-state index in [1.807, 2.05) is 0 Å². The summed E-state index contributed by atoms with van der Waals surface area (Å²) in [6.45, 7) is 1.21. The number of hydrogen-bond donors (Lipinski definition) is 0. The summed E-state index contributed by atoms with van der Waals surface area (Å²) < 4.78 is 4.21. The molecule has 0 atom stereocenters. The van der Waals surface area contributed by atoms with E-state index in [9.17, 15) is 4.79 Å². The van der Waals surface area contributed by atoms with Crippen LogP contribution in [0.25, 0.3) is 0 Å². The predicted molar refractivity (Wildman–Crippen MR) is 31.3 cm³/mol. The van der Waals surface area contributed by atoms with E-state index in [4.69, 9.17) is 10.5 Å². The number of hydrogen-bond acceptors (Lipinski definition) is 4. The molecule has 0 saturated carbocycles. The van der Waals surface area contributed by atoms with Crippen LogP contribution in [0.1, 0.15) is 6.92 Å². The van der Waals surface area contributed by atoms with E-state index in [0.717, 1.165) is 7.11 Å². The van der Waals surface area contributed by atoms with Gasteiger partial charge >= 0.3 is 5.97 Å². The van der Waals surface area contributed by atoms with E-state index in [0.29, 0.717) is 0 Å². The predicted octanol–water partition coefficient (Wildman–Crippen LogP) is 0.213. The molecule has 0 heterocycles. The molecule has 0 aliphatic carbocycles. The van der Waals surface area contributed by atoms with E-state index < -0.39 is 11.4 Å². The second kappa shape index (κ2) is 2.84. The van der Waals surface area contributed by atoms with Crippen LogP contribution in [0.2, 0.25) is 0 Å². The summed E-state index contributed by atoms with van der Waals surface area (Å²) >= 11 is 0. The van der Waals surface area contributed by atoms with Crippen LogP contribution in [-0.2, 0) is 9.53 Å². The van der Waals surface area contributed by atoms with Crippen molar-refractivity contribution >= 4 is 5.97 Å². The maximum Gasteiger partial charge on any atom is 0.340 e. The molecule has 0 aromatic heterocycles. The molecule has 0 radical (unpaired) electrons. The molecule has 0 saturated heterocycles. The third-order valence-corrected chi connectivity index (χ3v) is 1.04. The molecule has 52 valence electrons. The van der Waals surface area contributed by atoms with Crippen molar-refractivity contribution < 1.29 is 9.53 Å². The van der Waals surface area contributed by atoms with Gasteiger partial charge in [-0.05, 0) is 6.92 Å². The van der Waals surface area contributed by atoms with Crippen molar-refractivity contribution in [3.63, 3.8) is 0 Å². The maximum atomic E-state index is 10.6. The van der Waals surface area contributed by atoms with Crippen LogP contribution in [0, 0.1) is 28.1 Å². The van der Waals surface area contributed by atoms with E-state index in [-0.39, 0.29) is 0 Å². The summed E-state index contributed by atoms with van der Waals surface area (Å²) in [5.41, 5.74) is -1.66. The monoisotopic (exact) mass is 138 g/mol. The molecular weight excluding hydrogens is 132 g/mol. The van der Waals surface area contributed by atoms with Crippen LogP contribution >= 0.6 is 0 Å². The summed E-state index contributed by atoms with van der Waals surface area (Å²) in [5, 5.41) is 16.6. The molecular formula is C6H6N2O2. The molecule has 0 aromatic rings. The van der Waals surface area contributed by atoms with E-state index >= 15 is 0 Å². The molecule has 10 heavy (non-hydrogen) atoms. The molecule has 4 nitrogen and oxygen atoms in total. The van der Waals surface area contributed by atoms with Crippen molar-refractivity contribution in [2.75, 3.05) is 7.11 Å². The molecule has 0 spiro atoms. The summed E-state index contributed by atoms with van der Waals surface area (Å²) in [6, 6.07) is 3.09. The number of ether oxygens (including phenoxy) is 1. The zero-order valence-electron chi connectivity index (χ0n) is 5.71. The Labute approximate surface area is 58.6 Å². The first-order chi connectivity index (χ1) is 4.60. The van der Waals surface area contributed by atoms with Gasteiger partial charge in [-0.1, -0.05) is 0 Å². The van der Waals surface area contributed by atoms with Gasteiger partial charge in [-0.25, -0.2) is 4.79 Å². The Hall–Kier alpha value is -1.55. The molecule has 0 aliphatic heterocycles. The Morgan fingerprint density at radius 1 is 1.50 bits per heavy atom. The lowest BCUT2D eigenvalue weighted by atomic mass is 9.96. The minimum atomic E-state index is -1.66. The zero-order valence-corrected chi connectivity index (χ0v) is 5.71. The highest BCUT2D eigenvalue weighted by atomic mass is 16.5. The highest BCUT2D eigenvalue weighted by Crippen LogP contribution is 2.14. The fraction of sp³-hybridized carbons (Fsp3) is 0.500. The zero-order chi connectivity index (χ0) is 8.20. The van der Waals surface area contributed by atoms with Crippen molar-refractivity contribution in [1.29, 1.82) is 10.5 Å². The standard InChI is InChI=1S/C6H6N2O2/c1-6(3-7,4-8)5(9)10-2/h1-2H3. The molecule has 0 rings (SSSR count). The maximum absolute atomic E-state index is 10.6. The fourth-order valence-corrected chi connectivity index (χ4v) is 0.320. The molecule has 0 bridgehead atoms. The number of rotatable bonds is 1. The normalized spacial score (nSPS) is 9.20. The lowest BCUT2D eigenvalue weighted by Gasteiger charge is -2.06. The van der Waals surface area contributed by atoms with Gasteiger partial charge in [-0.2, -0.15) is 10.5 Å². The van der Waals surface area contributed by atoms with Crippen LogP contribution in [0.5, 0.6) is 0 Å². The number of carbonyl (C=O) groups is 1. The lowest BCUT2D eigenvalue weighted by Crippen LogP contribution is -2.25. The van der Waals surface area contributed by atoms with Crippen molar-refractivity contribution in [3.05, 3.63) is 0 Å². The molecule has 0 amide bonds. The second-order valence-corrected chi connectivity index (χ2v) is 1.84. The van der Waals surface area contributed by atoms with Gasteiger partial charge < -0.3 is 4.74 Å². The Morgan fingerprint density at radius 2 is 1.90 bits per heavy atom. The summed E-state index contributed by atoms with van der Waals surface area (Å²) in [5.74, 6) is -0.822. The third-order valence-electron chi connectivity index (χ3n) is 1.04. The number of carbonyl (C=O) groups excluding carboxylic acids is 1. The highest BCUT2D eigenvalue weighted by molar-refractivity contribution is 5.82. The summed E-state index contributed by atoms with van der Waals surface area (Å²) in [6.07, 6.45) is 0. The lowest BCUT2D eigenvalue weighted by molar-refractivity contribution is -0.145. The first-order valence-electron chi connectivity index (χ1n) is 2.51. The SMILES string of the molecule is COC(=O)C(C)(C#N)C#N. The summed E-state index contributed by atoms with van der Waals surface area (Å²) in [4.78, 5) is 10.6. The van der Waals surface area contributed by atoms with Gasteiger partial charge in [0, 0.05) is 0 Å². The second-order valence-electron chi connectivity index (χ2n) is 1.84. The fourth-order valence-electron chi connectivity index (χ4n) is 0.320. The van der Waals surface area contributed by atoms with Gasteiger partial charge in [0.2, 0.25) is 5.41 Å². The topological polar surface area (TPSA) is 73.9 Å². The Kier molecular flexibility index (Phi) is 2.40. The minimum absolute atomic E-state index is 0.822. The average Bonchev–Trinajstić information content (AvgIpc) is 2.01.